The van der Waals surface area contributed by atoms with Crippen molar-refractivity contribution in [3.8, 4) is 0 Å². The van der Waals surface area contributed by atoms with Crippen LogP contribution >= 0.6 is 0 Å². The normalized spacial score (nSPS) is 22.9. The van der Waals surface area contributed by atoms with E-state index in [4.69, 9.17) is 0 Å². The van der Waals surface area contributed by atoms with Gasteiger partial charge in [0.05, 0.1) is 5.41 Å². The maximum absolute atomic E-state index is 12.0. The summed E-state index contributed by atoms with van der Waals surface area (Å²) in [7, 11) is 0. The zero-order valence-electron chi connectivity index (χ0n) is 12.9. The lowest BCUT2D eigenvalue weighted by Crippen LogP contribution is -2.51. The summed E-state index contributed by atoms with van der Waals surface area (Å²) in [6.45, 7) is 7.74. The molecule has 20 heavy (non-hydrogen) atoms. The molecule has 1 fully saturated rings. The Kier molecular flexibility index (Phi) is 6.30. The number of unbranched alkanes of at least 4 members (excludes halogenated alkanes) is 1. The van der Waals surface area contributed by atoms with E-state index in [1.807, 2.05) is 0 Å². The number of amides is 2. The molecule has 1 atom stereocenters. The van der Waals surface area contributed by atoms with Crippen LogP contribution in [0.5, 0.6) is 0 Å². The molecule has 0 radical (unpaired) electrons. The third-order valence-electron chi connectivity index (χ3n) is 3.98. The molecular weight excluding hydrogens is 256 g/mol. The molecule has 0 aromatic heterocycles. The SMILES string of the molecule is CC(C)CCCCNC(=O)N1CCCC(C)(C(=O)O)C1. The van der Waals surface area contributed by atoms with E-state index in [0.29, 0.717) is 32.0 Å². The number of rotatable bonds is 6. The van der Waals surface area contributed by atoms with Crippen molar-refractivity contribution in [3.63, 3.8) is 0 Å². The van der Waals surface area contributed by atoms with Crippen LogP contribution in [-0.2, 0) is 4.79 Å². The number of carboxylic acid groups (broad SMARTS) is 1. The Morgan fingerprint density at radius 2 is 2.05 bits per heavy atom. The topological polar surface area (TPSA) is 69.6 Å². The van der Waals surface area contributed by atoms with Gasteiger partial charge in [0, 0.05) is 19.6 Å². The number of urea groups is 1. The summed E-state index contributed by atoms with van der Waals surface area (Å²) in [6, 6.07) is -0.123. The van der Waals surface area contributed by atoms with Crippen molar-refractivity contribution in [2.75, 3.05) is 19.6 Å². The van der Waals surface area contributed by atoms with Gasteiger partial charge in [-0.1, -0.05) is 26.7 Å². The van der Waals surface area contributed by atoms with Crippen LogP contribution in [0.4, 0.5) is 4.79 Å². The lowest BCUT2D eigenvalue weighted by atomic mass is 9.82. The summed E-state index contributed by atoms with van der Waals surface area (Å²) in [5.74, 6) is -0.115. The van der Waals surface area contributed by atoms with Gasteiger partial charge < -0.3 is 15.3 Å². The highest BCUT2D eigenvalue weighted by atomic mass is 16.4. The van der Waals surface area contributed by atoms with E-state index >= 15 is 0 Å². The molecule has 5 heteroatoms. The molecule has 116 valence electrons. The summed E-state index contributed by atoms with van der Waals surface area (Å²) in [6.07, 6.45) is 4.67. The standard InChI is InChI=1S/C15H28N2O3/c1-12(2)7-4-5-9-16-14(20)17-10-6-8-15(3,11-17)13(18)19/h12H,4-11H2,1-3H3,(H,16,20)(H,18,19). The summed E-state index contributed by atoms with van der Waals surface area (Å²) >= 11 is 0. The van der Waals surface area contributed by atoms with Gasteiger partial charge in [0.2, 0.25) is 0 Å². The first-order valence-corrected chi connectivity index (χ1v) is 7.61. The molecule has 1 rings (SSSR count). The Bertz CT molecular complexity index is 344. The second-order valence-corrected chi connectivity index (χ2v) is 6.51. The number of carbonyl (C=O) groups excluding carboxylic acids is 1. The van der Waals surface area contributed by atoms with Crippen molar-refractivity contribution in [2.45, 2.75) is 52.9 Å². The Balaban J connectivity index is 2.31. The molecule has 0 aliphatic carbocycles. The Hall–Kier alpha value is -1.26. The van der Waals surface area contributed by atoms with Gasteiger partial charge in [-0.05, 0) is 32.1 Å². The average molecular weight is 284 g/mol. The number of likely N-dealkylation sites (tertiary alicyclic amines) is 1. The molecule has 1 saturated heterocycles. The minimum absolute atomic E-state index is 0.123. The van der Waals surface area contributed by atoms with E-state index in [-0.39, 0.29) is 6.03 Å². The van der Waals surface area contributed by atoms with Crippen molar-refractivity contribution in [3.05, 3.63) is 0 Å². The van der Waals surface area contributed by atoms with Gasteiger partial charge in [-0.15, -0.1) is 0 Å². The highest BCUT2D eigenvalue weighted by Crippen LogP contribution is 2.29. The van der Waals surface area contributed by atoms with Crippen LogP contribution in [0.1, 0.15) is 52.9 Å². The average Bonchev–Trinajstić information content (AvgIpc) is 2.37. The summed E-state index contributed by atoms with van der Waals surface area (Å²) in [4.78, 5) is 24.9. The van der Waals surface area contributed by atoms with Crippen LogP contribution < -0.4 is 5.32 Å². The number of carbonyl (C=O) groups is 2. The van der Waals surface area contributed by atoms with Crippen LogP contribution in [0.3, 0.4) is 0 Å². The smallest absolute Gasteiger partial charge is 0.317 e. The molecule has 0 aromatic rings. The first-order valence-electron chi connectivity index (χ1n) is 7.61. The number of carboxylic acids is 1. The van der Waals surface area contributed by atoms with E-state index in [1.54, 1.807) is 11.8 Å². The van der Waals surface area contributed by atoms with E-state index in [1.165, 1.54) is 6.42 Å². The highest BCUT2D eigenvalue weighted by molar-refractivity contribution is 5.78. The molecule has 2 N–H and O–H groups in total. The maximum Gasteiger partial charge on any atom is 0.317 e. The molecule has 2 amide bonds. The lowest BCUT2D eigenvalue weighted by Gasteiger charge is -2.37. The molecule has 5 nitrogen and oxygen atoms in total. The van der Waals surface area contributed by atoms with E-state index in [9.17, 15) is 14.7 Å². The minimum atomic E-state index is -0.813. The van der Waals surface area contributed by atoms with Crippen molar-refractivity contribution in [2.24, 2.45) is 11.3 Å². The molecule has 1 unspecified atom stereocenters. The van der Waals surface area contributed by atoms with Crippen molar-refractivity contribution < 1.29 is 14.7 Å². The van der Waals surface area contributed by atoms with Gasteiger partial charge in [-0.3, -0.25) is 4.79 Å². The summed E-state index contributed by atoms with van der Waals surface area (Å²) in [5, 5.41) is 12.1. The van der Waals surface area contributed by atoms with Crippen molar-refractivity contribution in [1.29, 1.82) is 0 Å². The Labute approximate surface area is 121 Å². The van der Waals surface area contributed by atoms with Crippen LogP contribution in [0, 0.1) is 11.3 Å². The molecule has 1 heterocycles. The molecule has 0 saturated carbocycles. The fourth-order valence-electron chi connectivity index (χ4n) is 2.57. The van der Waals surface area contributed by atoms with Crippen LogP contribution in [0.25, 0.3) is 0 Å². The van der Waals surface area contributed by atoms with Crippen LogP contribution in [0.15, 0.2) is 0 Å². The van der Waals surface area contributed by atoms with Gasteiger partial charge in [0.15, 0.2) is 0 Å². The number of hydrogen-bond donors (Lipinski definition) is 2. The molecule has 0 spiro atoms. The fourth-order valence-corrected chi connectivity index (χ4v) is 2.57. The zero-order valence-corrected chi connectivity index (χ0v) is 12.9. The Morgan fingerprint density at radius 3 is 2.65 bits per heavy atom. The number of piperidine rings is 1. The summed E-state index contributed by atoms with van der Waals surface area (Å²) < 4.78 is 0. The van der Waals surface area contributed by atoms with E-state index in [0.717, 1.165) is 19.3 Å². The monoisotopic (exact) mass is 284 g/mol. The van der Waals surface area contributed by atoms with E-state index in [2.05, 4.69) is 19.2 Å². The zero-order chi connectivity index (χ0) is 15.2. The van der Waals surface area contributed by atoms with Crippen LogP contribution in [0.2, 0.25) is 0 Å². The second kappa shape index (κ2) is 7.50. The second-order valence-electron chi connectivity index (χ2n) is 6.51. The number of nitrogens with zero attached hydrogens (tertiary/aromatic N) is 1. The van der Waals surface area contributed by atoms with Gasteiger partial charge in [0.25, 0.3) is 0 Å². The predicted octanol–water partition coefficient (Wildman–Crippen LogP) is 2.71. The number of hydrogen-bond acceptors (Lipinski definition) is 2. The third kappa shape index (κ3) is 5.02. The lowest BCUT2D eigenvalue weighted by molar-refractivity contribution is -0.150. The summed E-state index contributed by atoms with van der Waals surface area (Å²) in [5.41, 5.74) is -0.798. The van der Waals surface area contributed by atoms with Gasteiger partial charge >= 0.3 is 12.0 Å². The third-order valence-corrected chi connectivity index (χ3v) is 3.98. The first kappa shape index (κ1) is 16.8. The van der Waals surface area contributed by atoms with Crippen molar-refractivity contribution in [1.82, 2.24) is 10.2 Å². The largest absolute Gasteiger partial charge is 0.481 e. The molecule has 1 aliphatic heterocycles. The van der Waals surface area contributed by atoms with Gasteiger partial charge in [0.1, 0.15) is 0 Å². The molecule has 0 aromatic carbocycles. The van der Waals surface area contributed by atoms with Crippen molar-refractivity contribution >= 4 is 12.0 Å². The quantitative estimate of drug-likeness (QED) is 0.737. The molecular formula is C15H28N2O3. The van der Waals surface area contributed by atoms with Crippen LogP contribution in [-0.4, -0.2) is 41.6 Å². The maximum atomic E-state index is 12.0. The number of aliphatic carboxylic acids is 1. The van der Waals surface area contributed by atoms with Gasteiger partial charge in [-0.2, -0.15) is 0 Å². The van der Waals surface area contributed by atoms with Gasteiger partial charge in [-0.25, -0.2) is 4.79 Å². The Morgan fingerprint density at radius 1 is 1.35 bits per heavy atom. The molecule has 0 bridgehead atoms. The predicted molar refractivity (Wildman–Crippen MR) is 78.6 cm³/mol. The fraction of sp³-hybridized carbons (Fsp3) is 0.867. The number of nitrogens with one attached hydrogen (secondary N) is 1. The first-order chi connectivity index (χ1) is 9.35. The van der Waals surface area contributed by atoms with E-state index < -0.39 is 11.4 Å². The molecule has 1 aliphatic rings. The highest BCUT2D eigenvalue weighted by Gasteiger charge is 2.39. The minimum Gasteiger partial charge on any atom is -0.481 e.